The van der Waals surface area contributed by atoms with Gasteiger partial charge in [0.1, 0.15) is 0 Å². The standard InChI is InChI=1S/C23H15N3/c1-2-11-24-21(8-1)18-6-3-5-17(13-18)20-14-19-10-9-16-7-4-12-25-22(16)23(19)26-15-20/h1-15H. The van der Waals surface area contributed by atoms with E-state index < -0.39 is 0 Å². The molecule has 0 unspecified atom stereocenters. The van der Waals surface area contributed by atoms with Crippen LogP contribution in [-0.2, 0) is 0 Å². The van der Waals surface area contributed by atoms with Gasteiger partial charge in [-0.1, -0.05) is 42.5 Å². The van der Waals surface area contributed by atoms with E-state index >= 15 is 0 Å². The largest absolute Gasteiger partial charge is 0.256 e. The molecule has 0 aliphatic rings. The van der Waals surface area contributed by atoms with Crippen molar-refractivity contribution in [3.05, 3.63) is 91.4 Å². The molecule has 3 heteroatoms. The van der Waals surface area contributed by atoms with E-state index in [1.54, 1.807) is 0 Å². The van der Waals surface area contributed by atoms with Crippen molar-refractivity contribution in [3.8, 4) is 22.4 Å². The van der Waals surface area contributed by atoms with Gasteiger partial charge in [-0.3, -0.25) is 15.0 Å². The Kier molecular flexibility index (Phi) is 3.42. The summed E-state index contributed by atoms with van der Waals surface area (Å²) < 4.78 is 0. The quantitative estimate of drug-likeness (QED) is 0.400. The van der Waals surface area contributed by atoms with Gasteiger partial charge in [0.25, 0.3) is 0 Å². The van der Waals surface area contributed by atoms with Crippen LogP contribution in [0.3, 0.4) is 0 Å². The topological polar surface area (TPSA) is 38.7 Å². The highest BCUT2D eigenvalue weighted by Gasteiger charge is 2.07. The first-order valence-electron chi connectivity index (χ1n) is 8.54. The van der Waals surface area contributed by atoms with Crippen LogP contribution in [0.2, 0.25) is 0 Å². The van der Waals surface area contributed by atoms with Crippen molar-refractivity contribution < 1.29 is 0 Å². The third kappa shape index (κ3) is 2.50. The molecule has 0 aliphatic heterocycles. The molecular weight excluding hydrogens is 318 g/mol. The lowest BCUT2D eigenvalue weighted by atomic mass is 10.0. The number of aromatic nitrogens is 3. The van der Waals surface area contributed by atoms with Crippen molar-refractivity contribution >= 4 is 21.8 Å². The molecule has 0 fully saturated rings. The summed E-state index contributed by atoms with van der Waals surface area (Å²) in [5, 5.41) is 2.20. The summed E-state index contributed by atoms with van der Waals surface area (Å²) in [7, 11) is 0. The van der Waals surface area contributed by atoms with Crippen molar-refractivity contribution in [3.63, 3.8) is 0 Å². The fourth-order valence-electron chi connectivity index (χ4n) is 3.29. The van der Waals surface area contributed by atoms with Gasteiger partial charge in [0.2, 0.25) is 0 Å². The zero-order chi connectivity index (χ0) is 17.3. The van der Waals surface area contributed by atoms with Gasteiger partial charge in [-0.25, -0.2) is 0 Å². The van der Waals surface area contributed by atoms with Gasteiger partial charge >= 0.3 is 0 Å². The van der Waals surface area contributed by atoms with Crippen LogP contribution < -0.4 is 0 Å². The maximum atomic E-state index is 4.71. The van der Waals surface area contributed by atoms with Gasteiger partial charge in [-0.15, -0.1) is 0 Å². The Labute approximate surface area is 151 Å². The summed E-state index contributed by atoms with van der Waals surface area (Å²) in [4.78, 5) is 13.6. The smallest absolute Gasteiger partial charge is 0.0964 e. The molecule has 0 amide bonds. The highest BCUT2D eigenvalue weighted by Crippen LogP contribution is 2.29. The van der Waals surface area contributed by atoms with E-state index in [2.05, 4.69) is 58.5 Å². The molecule has 0 aliphatic carbocycles. The lowest BCUT2D eigenvalue weighted by Gasteiger charge is -2.07. The van der Waals surface area contributed by atoms with E-state index in [-0.39, 0.29) is 0 Å². The van der Waals surface area contributed by atoms with Crippen LogP contribution in [0.1, 0.15) is 0 Å². The number of pyridine rings is 3. The van der Waals surface area contributed by atoms with Crippen molar-refractivity contribution in [1.82, 2.24) is 15.0 Å². The Morgan fingerprint density at radius 3 is 2.27 bits per heavy atom. The van der Waals surface area contributed by atoms with Crippen LogP contribution in [0, 0.1) is 0 Å². The summed E-state index contributed by atoms with van der Waals surface area (Å²) >= 11 is 0. The Morgan fingerprint density at radius 1 is 0.500 bits per heavy atom. The van der Waals surface area contributed by atoms with Gasteiger partial charge in [0, 0.05) is 40.5 Å². The summed E-state index contributed by atoms with van der Waals surface area (Å²) in [6.45, 7) is 0. The highest BCUT2D eigenvalue weighted by atomic mass is 14.7. The second-order valence-corrected chi connectivity index (χ2v) is 6.23. The highest BCUT2D eigenvalue weighted by molar-refractivity contribution is 6.03. The first kappa shape index (κ1) is 14.7. The summed E-state index contributed by atoms with van der Waals surface area (Å²) in [5.41, 5.74) is 6.17. The predicted molar refractivity (Wildman–Crippen MR) is 106 cm³/mol. The molecule has 0 radical (unpaired) electrons. The van der Waals surface area contributed by atoms with Crippen molar-refractivity contribution in [2.45, 2.75) is 0 Å². The third-order valence-electron chi connectivity index (χ3n) is 4.58. The minimum absolute atomic E-state index is 0.938. The molecule has 0 atom stereocenters. The van der Waals surface area contributed by atoms with E-state index in [4.69, 9.17) is 4.98 Å². The van der Waals surface area contributed by atoms with E-state index in [1.165, 1.54) is 0 Å². The molecule has 0 saturated carbocycles. The number of hydrogen-bond acceptors (Lipinski definition) is 3. The number of rotatable bonds is 2. The molecule has 26 heavy (non-hydrogen) atoms. The fourth-order valence-corrected chi connectivity index (χ4v) is 3.29. The Hall–Kier alpha value is -3.59. The van der Waals surface area contributed by atoms with E-state index in [0.29, 0.717) is 0 Å². The average Bonchev–Trinajstić information content (AvgIpc) is 2.74. The lowest BCUT2D eigenvalue weighted by Crippen LogP contribution is -1.88. The van der Waals surface area contributed by atoms with Gasteiger partial charge < -0.3 is 0 Å². The van der Waals surface area contributed by atoms with Crippen molar-refractivity contribution in [2.75, 3.05) is 0 Å². The molecule has 3 heterocycles. The molecule has 0 spiro atoms. The number of hydrogen-bond donors (Lipinski definition) is 0. The number of nitrogens with zero attached hydrogens (tertiary/aromatic N) is 3. The summed E-state index contributed by atoms with van der Waals surface area (Å²) in [5.74, 6) is 0. The summed E-state index contributed by atoms with van der Waals surface area (Å²) in [6.07, 6.45) is 5.55. The van der Waals surface area contributed by atoms with Gasteiger partial charge in [-0.05, 0) is 35.9 Å². The molecule has 3 aromatic heterocycles. The maximum Gasteiger partial charge on any atom is 0.0964 e. The van der Waals surface area contributed by atoms with Crippen LogP contribution >= 0.6 is 0 Å². The minimum Gasteiger partial charge on any atom is -0.256 e. The van der Waals surface area contributed by atoms with Crippen LogP contribution in [-0.4, -0.2) is 15.0 Å². The van der Waals surface area contributed by atoms with Crippen LogP contribution in [0.25, 0.3) is 44.2 Å². The van der Waals surface area contributed by atoms with Crippen LogP contribution in [0.4, 0.5) is 0 Å². The van der Waals surface area contributed by atoms with E-state index in [0.717, 1.165) is 44.2 Å². The molecule has 2 aromatic carbocycles. The number of fused-ring (bicyclic) bond motifs is 3. The SMILES string of the molecule is c1ccc(-c2cccc(-c3cnc4c(ccc5cccnc54)c3)c2)nc1. The fraction of sp³-hybridized carbons (Fsp3) is 0. The van der Waals surface area contributed by atoms with Gasteiger partial charge in [0.05, 0.1) is 16.7 Å². The zero-order valence-electron chi connectivity index (χ0n) is 14.0. The molecule has 3 nitrogen and oxygen atoms in total. The van der Waals surface area contributed by atoms with Crippen LogP contribution in [0.5, 0.6) is 0 Å². The van der Waals surface area contributed by atoms with Gasteiger partial charge in [-0.2, -0.15) is 0 Å². The first-order valence-corrected chi connectivity index (χ1v) is 8.54. The molecule has 122 valence electrons. The average molecular weight is 333 g/mol. The molecule has 5 aromatic rings. The third-order valence-corrected chi connectivity index (χ3v) is 4.58. The molecule has 0 bridgehead atoms. The van der Waals surface area contributed by atoms with E-state index in [9.17, 15) is 0 Å². The second kappa shape index (κ2) is 6.05. The van der Waals surface area contributed by atoms with Crippen molar-refractivity contribution in [2.24, 2.45) is 0 Å². The molecular formula is C23H15N3. The normalized spacial score (nSPS) is 11.1. The first-order chi connectivity index (χ1) is 12.9. The predicted octanol–water partition coefficient (Wildman–Crippen LogP) is 5.51. The maximum absolute atomic E-state index is 4.71. The van der Waals surface area contributed by atoms with E-state index in [1.807, 2.05) is 42.9 Å². The monoisotopic (exact) mass is 333 g/mol. The molecule has 5 rings (SSSR count). The second-order valence-electron chi connectivity index (χ2n) is 6.23. The van der Waals surface area contributed by atoms with Crippen LogP contribution in [0.15, 0.2) is 91.4 Å². The zero-order valence-corrected chi connectivity index (χ0v) is 14.0. The number of benzene rings is 2. The van der Waals surface area contributed by atoms with Gasteiger partial charge in [0.15, 0.2) is 0 Å². The Morgan fingerprint density at radius 2 is 1.35 bits per heavy atom. The molecule has 0 N–H and O–H groups in total. The summed E-state index contributed by atoms with van der Waals surface area (Å²) in [6, 6.07) is 24.8. The minimum atomic E-state index is 0.938. The lowest BCUT2D eigenvalue weighted by molar-refractivity contribution is 1.32. The molecule has 0 saturated heterocycles. The van der Waals surface area contributed by atoms with Crippen molar-refractivity contribution in [1.29, 1.82) is 0 Å². The Balaban J connectivity index is 1.64. The Bertz CT molecular complexity index is 1230.